The van der Waals surface area contributed by atoms with Crippen molar-refractivity contribution >= 4 is 36.5 Å². The van der Waals surface area contributed by atoms with Crippen molar-refractivity contribution in [2.45, 2.75) is 5.41 Å². The van der Waals surface area contributed by atoms with E-state index in [4.69, 9.17) is 9.97 Å². The van der Waals surface area contributed by atoms with Crippen molar-refractivity contribution in [1.82, 2.24) is 9.97 Å². The van der Waals surface area contributed by atoms with Gasteiger partial charge in [-0.3, -0.25) is 9.97 Å². The van der Waals surface area contributed by atoms with E-state index in [1.165, 1.54) is 20.8 Å². The zero-order valence-corrected chi connectivity index (χ0v) is 18.9. The number of benzene rings is 3. The number of nitrogens with zero attached hydrogens (tertiary/aromatic N) is 2. The highest BCUT2D eigenvalue weighted by atomic mass is 28.2. The number of fused-ring (bicyclic) bond motifs is 4. The van der Waals surface area contributed by atoms with Crippen molar-refractivity contribution in [1.29, 1.82) is 0 Å². The van der Waals surface area contributed by atoms with Gasteiger partial charge < -0.3 is 0 Å². The van der Waals surface area contributed by atoms with Crippen molar-refractivity contribution < 1.29 is 0 Å². The molecule has 0 saturated carbocycles. The van der Waals surface area contributed by atoms with Crippen LogP contribution < -0.4 is 5.22 Å². The molecule has 2 aliphatic rings. The highest BCUT2D eigenvalue weighted by molar-refractivity contribution is 6.45. The number of rotatable bonds is 2. The van der Waals surface area contributed by atoms with Gasteiger partial charge in [-0.1, -0.05) is 91.0 Å². The van der Waals surface area contributed by atoms with E-state index in [1.54, 1.807) is 0 Å². The van der Waals surface area contributed by atoms with Crippen LogP contribution in [0.3, 0.4) is 0 Å². The van der Waals surface area contributed by atoms with E-state index in [9.17, 15) is 0 Å². The molecule has 1 aliphatic heterocycles. The van der Waals surface area contributed by atoms with E-state index >= 15 is 0 Å². The van der Waals surface area contributed by atoms with Crippen LogP contribution in [0, 0.1) is 4.81 Å². The first-order valence-corrected chi connectivity index (χ1v) is 12.2. The van der Waals surface area contributed by atoms with Gasteiger partial charge in [0, 0.05) is 10.8 Å². The lowest BCUT2D eigenvalue weighted by molar-refractivity contribution is 0.768. The van der Waals surface area contributed by atoms with Crippen LogP contribution in [0.2, 0.25) is 0 Å². The van der Waals surface area contributed by atoms with Crippen molar-refractivity contribution in [2.24, 2.45) is 0 Å². The fourth-order valence-electron chi connectivity index (χ4n) is 5.21. The zero-order chi connectivity index (χ0) is 21.8. The number of pyridine rings is 2. The van der Waals surface area contributed by atoms with Gasteiger partial charge in [-0.15, -0.1) is 0 Å². The number of hydrogen-bond acceptors (Lipinski definition) is 2. The van der Waals surface area contributed by atoms with Gasteiger partial charge in [0.05, 0.1) is 37.0 Å². The lowest BCUT2D eigenvalue weighted by atomic mass is 9.70. The van der Waals surface area contributed by atoms with E-state index < -0.39 is 5.41 Å². The molecule has 2 aromatic heterocycles. The van der Waals surface area contributed by atoms with Crippen molar-refractivity contribution in [3.8, 4) is 0 Å². The topological polar surface area (TPSA) is 25.8 Å². The van der Waals surface area contributed by atoms with E-state index in [2.05, 4.69) is 115 Å². The van der Waals surface area contributed by atoms with Gasteiger partial charge >= 0.3 is 0 Å². The first kappa shape index (κ1) is 18.6. The zero-order valence-electron chi connectivity index (χ0n) is 17.9. The predicted octanol–water partition coefficient (Wildman–Crippen LogP) is 5.34. The molecule has 5 aromatic rings. The van der Waals surface area contributed by atoms with Gasteiger partial charge in [0.15, 0.2) is 0 Å². The maximum Gasteiger partial charge on any atom is 0.0987 e. The van der Waals surface area contributed by atoms with Crippen LogP contribution in [0.15, 0.2) is 120 Å². The van der Waals surface area contributed by atoms with Gasteiger partial charge in [0.25, 0.3) is 0 Å². The third-order valence-electron chi connectivity index (χ3n) is 6.74. The summed E-state index contributed by atoms with van der Waals surface area (Å²) in [6.45, 7) is 0. The summed E-state index contributed by atoms with van der Waals surface area (Å²) in [6, 6.07) is 34.2. The van der Waals surface area contributed by atoms with Crippen LogP contribution in [-0.4, -0.2) is 19.1 Å². The van der Waals surface area contributed by atoms with Crippen LogP contribution >= 0.6 is 0 Å². The number of allylic oxidation sites excluding steroid dienone is 4. The molecule has 0 amide bonds. The average Bonchev–Trinajstić information content (AvgIpc) is 3.27. The van der Waals surface area contributed by atoms with Crippen LogP contribution in [0.1, 0.15) is 11.4 Å². The largest absolute Gasteiger partial charge is 0.251 e. The van der Waals surface area contributed by atoms with E-state index in [0.29, 0.717) is 9.13 Å². The molecule has 0 fully saturated rings. The lowest BCUT2D eigenvalue weighted by Gasteiger charge is -2.35. The number of para-hydroxylation sites is 2. The Bertz CT molecular complexity index is 1700. The Labute approximate surface area is 193 Å². The molecule has 0 spiro atoms. The standard InChI is InChI=1S/C30H19N2Si/c1-4-11-23-20(8-1)15-17-27(31-23)30(28-18-16-21-9-2-5-12-24(21)32-28)19-7-14-26-29(30)22-10-3-6-13-25(22)33-26/h1-19H. The Kier molecular flexibility index (Phi) is 3.96. The Morgan fingerprint density at radius 2 is 1.21 bits per heavy atom. The molecule has 0 unspecified atom stereocenters. The Morgan fingerprint density at radius 3 is 1.91 bits per heavy atom. The molecular weight excluding hydrogens is 416 g/mol. The summed E-state index contributed by atoms with van der Waals surface area (Å²) < 4.78 is 0. The molecule has 3 heterocycles. The third-order valence-corrected chi connectivity index (χ3v) is 8.13. The number of aromatic nitrogens is 2. The van der Waals surface area contributed by atoms with Crippen LogP contribution in [0.5, 0.6) is 0 Å². The molecule has 1 aliphatic carbocycles. The Hall–Kier alpha value is -3.95. The van der Waals surface area contributed by atoms with Crippen molar-refractivity contribution in [2.75, 3.05) is 0 Å². The highest BCUT2D eigenvalue weighted by Crippen LogP contribution is 2.46. The molecule has 0 saturated heterocycles. The summed E-state index contributed by atoms with van der Waals surface area (Å²) in [4.78, 5) is 11.8. The minimum Gasteiger partial charge on any atom is -0.251 e. The smallest absolute Gasteiger partial charge is 0.0987 e. The first-order valence-electron chi connectivity index (χ1n) is 11.2. The summed E-state index contributed by atoms with van der Waals surface area (Å²) in [5.74, 6) is 0. The second-order valence-corrected chi connectivity index (χ2v) is 9.90. The molecular formula is C30H19N2Si. The normalized spacial score (nSPS) is 15.8. The second-order valence-electron chi connectivity index (χ2n) is 8.57. The van der Waals surface area contributed by atoms with Gasteiger partial charge in [0.2, 0.25) is 0 Å². The fraction of sp³-hybridized carbons (Fsp3) is 0.0333. The van der Waals surface area contributed by atoms with Gasteiger partial charge in [-0.2, -0.15) is 0 Å². The predicted molar refractivity (Wildman–Crippen MR) is 136 cm³/mol. The summed E-state index contributed by atoms with van der Waals surface area (Å²) in [6.07, 6.45) is 6.77. The molecule has 2 nitrogen and oxygen atoms in total. The maximum atomic E-state index is 5.22. The van der Waals surface area contributed by atoms with E-state index in [1.807, 2.05) is 0 Å². The molecule has 0 N–H and O–H groups in total. The van der Waals surface area contributed by atoms with Crippen molar-refractivity contribution in [3.63, 3.8) is 0 Å². The van der Waals surface area contributed by atoms with Gasteiger partial charge in [-0.25, -0.2) is 0 Å². The summed E-state index contributed by atoms with van der Waals surface area (Å²) in [7, 11) is 0.646. The van der Waals surface area contributed by atoms with Gasteiger partial charge in [-0.05, 0) is 45.1 Å². The monoisotopic (exact) mass is 435 g/mol. The summed E-state index contributed by atoms with van der Waals surface area (Å²) in [5.41, 5.74) is 4.83. The quantitative estimate of drug-likeness (QED) is 0.350. The first-order chi connectivity index (χ1) is 16.3. The fourth-order valence-corrected chi connectivity index (χ4v) is 6.66. The van der Waals surface area contributed by atoms with E-state index in [0.717, 1.165) is 33.2 Å². The lowest BCUT2D eigenvalue weighted by Crippen LogP contribution is -2.34. The molecule has 7 rings (SSSR count). The summed E-state index contributed by atoms with van der Waals surface area (Å²) >= 11 is 0. The SMILES string of the molecule is C1=CC(c2ccc3ccccc3n2)(c2ccc3ccccc3n2)C2=c3ccccc3=[Si]C2=C1. The van der Waals surface area contributed by atoms with Crippen LogP contribution in [0.4, 0.5) is 0 Å². The molecule has 33 heavy (non-hydrogen) atoms. The third kappa shape index (κ3) is 2.69. The molecule has 0 atom stereocenters. The molecule has 3 heteroatoms. The van der Waals surface area contributed by atoms with Gasteiger partial charge in [0.1, 0.15) is 0 Å². The van der Waals surface area contributed by atoms with Crippen molar-refractivity contribution in [3.05, 3.63) is 142 Å². The molecule has 153 valence electrons. The molecule has 0 bridgehead atoms. The number of hydrogen-bond donors (Lipinski definition) is 0. The summed E-state index contributed by atoms with van der Waals surface area (Å²) in [5, 5.41) is 4.99. The van der Waals surface area contributed by atoms with E-state index in [-0.39, 0.29) is 0 Å². The molecule has 1 radical (unpaired) electrons. The minimum absolute atomic E-state index is 0.544. The van der Waals surface area contributed by atoms with Crippen LogP contribution in [0.25, 0.3) is 27.4 Å². The average molecular weight is 436 g/mol. The second kappa shape index (κ2) is 7.02. The highest BCUT2D eigenvalue weighted by Gasteiger charge is 2.42. The Morgan fingerprint density at radius 1 is 0.606 bits per heavy atom. The maximum absolute atomic E-state index is 5.22. The molecule has 3 aromatic carbocycles. The van der Waals surface area contributed by atoms with Crippen LogP contribution in [-0.2, 0) is 5.41 Å². The minimum atomic E-state index is -0.544. The Balaban J connectivity index is 1.63.